The lowest BCUT2D eigenvalue weighted by Crippen LogP contribution is -2.32. The molecule has 0 saturated heterocycles. The van der Waals surface area contributed by atoms with Gasteiger partial charge in [-0.3, -0.25) is 4.79 Å². The van der Waals surface area contributed by atoms with Crippen LogP contribution in [0.25, 0.3) is 0 Å². The highest BCUT2D eigenvalue weighted by Crippen LogP contribution is 2.34. The summed E-state index contributed by atoms with van der Waals surface area (Å²) >= 11 is 0. The summed E-state index contributed by atoms with van der Waals surface area (Å²) in [6.45, 7) is 0.529. The quantitative estimate of drug-likeness (QED) is 0.869. The molecule has 2 aromatic carbocycles. The molecule has 21 heavy (non-hydrogen) atoms. The molecule has 0 unspecified atom stereocenters. The van der Waals surface area contributed by atoms with E-state index in [0.29, 0.717) is 12.4 Å². The zero-order valence-electron chi connectivity index (χ0n) is 11.3. The Kier molecular flexibility index (Phi) is 2.74. The number of carbonyl (C=O) groups is 1. The number of hydrogen-bond acceptors (Lipinski definition) is 3. The number of rotatable bonds is 1. The second-order valence-corrected chi connectivity index (χ2v) is 5.20. The molecule has 0 radical (unpaired) electrons. The Morgan fingerprint density at radius 2 is 1.81 bits per heavy atom. The fourth-order valence-corrected chi connectivity index (χ4v) is 2.82. The number of hydrogen-bond donors (Lipinski definition) is 1. The highest BCUT2D eigenvalue weighted by molar-refractivity contribution is 5.99. The predicted octanol–water partition coefficient (Wildman–Crippen LogP) is 2.20. The maximum Gasteiger partial charge on any atom is 0.249 e. The summed E-state index contributed by atoms with van der Waals surface area (Å²) < 4.78 is 6.02. The molecular formula is C17H14N2O2. The van der Waals surface area contributed by atoms with E-state index in [2.05, 4.69) is 10.3 Å². The van der Waals surface area contributed by atoms with Gasteiger partial charge in [0.25, 0.3) is 0 Å². The van der Waals surface area contributed by atoms with Crippen LogP contribution in [0.1, 0.15) is 22.8 Å². The molecule has 2 heterocycles. The molecule has 2 aliphatic heterocycles. The lowest BCUT2D eigenvalue weighted by atomic mass is 9.99. The van der Waals surface area contributed by atoms with E-state index in [1.165, 1.54) is 0 Å². The minimum atomic E-state index is -0.510. The molecule has 1 N–H and O–H groups in total. The van der Waals surface area contributed by atoms with Crippen LogP contribution in [0.2, 0.25) is 0 Å². The molecule has 4 rings (SSSR count). The van der Waals surface area contributed by atoms with Crippen molar-refractivity contribution in [1.29, 1.82) is 0 Å². The maximum atomic E-state index is 12.2. The number of benzene rings is 2. The van der Waals surface area contributed by atoms with Gasteiger partial charge in [-0.15, -0.1) is 0 Å². The first kappa shape index (κ1) is 12.1. The van der Waals surface area contributed by atoms with Crippen LogP contribution in [0.15, 0.2) is 59.6 Å². The summed E-state index contributed by atoms with van der Waals surface area (Å²) in [5, 5.41) is 2.92. The summed E-state index contributed by atoms with van der Waals surface area (Å²) in [6.07, 6.45) is -0.334. The van der Waals surface area contributed by atoms with Crippen LogP contribution in [-0.4, -0.2) is 17.8 Å². The summed E-state index contributed by atoms with van der Waals surface area (Å²) in [7, 11) is 0. The van der Waals surface area contributed by atoms with Crippen LogP contribution in [0.3, 0.4) is 0 Å². The van der Waals surface area contributed by atoms with Crippen LogP contribution >= 0.6 is 0 Å². The number of aliphatic imine (C=N–C) groups is 1. The number of fused-ring (bicyclic) bond motifs is 3. The Morgan fingerprint density at radius 3 is 2.67 bits per heavy atom. The second kappa shape index (κ2) is 4.74. The van der Waals surface area contributed by atoms with E-state index in [9.17, 15) is 4.79 Å². The maximum absolute atomic E-state index is 12.2. The van der Waals surface area contributed by atoms with E-state index < -0.39 is 6.04 Å². The average molecular weight is 278 g/mol. The molecule has 0 spiro atoms. The first-order valence-electron chi connectivity index (χ1n) is 6.98. The molecule has 0 fully saturated rings. The Labute approximate surface area is 122 Å². The highest BCUT2D eigenvalue weighted by atomic mass is 16.5. The van der Waals surface area contributed by atoms with Crippen molar-refractivity contribution in [2.75, 3.05) is 0 Å². The van der Waals surface area contributed by atoms with Gasteiger partial charge in [-0.2, -0.15) is 0 Å². The van der Waals surface area contributed by atoms with Gasteiger partial charge in [0.05, 0.1) is 0 Å². The molecule has 0 aliphatic carbocycles. The lowest BCUT2D eigenvalue weighted by Gasteiger charge is -2.15. The number of carbonyl (C=O) groups excluding carboxylic acids is 1. The van der Waals surface area contributed by atoms with Gasteiger partial charge in [0.15, 0.2) is 12.1 Å². The van der Waals surface area contributed by atoms with E-state index in [1.54, 1.807) is 0 Å². The Hall–Kier alpha value is -2.62. The third-order valence-corrected chi connectivity index (χ3v) is 3.89. The van der Waals surface area contributed by atoms with Gasteiger partial charge in [-0.1, -0.05) is 42.5 Å². The van der Waals surface area contributed by atoms with Crippen molar-refractivity contribution < 1.29 is 9.53 Å². The molecule has 2 atom stereocenters. The molecule has 4 nitrogen and oxygen atoms in total. The van der Waals surface area contributed by atoms with Crippen LogP contribution in [-0.2, 0) is 16.1 Å². The molecule has 4 heteroatoms. The van der Waals surface area contributed by atoms with Crippen molar-refractivity contribution >= 4 is 11.8 Å². The van der Waals surface area contributed by atoms with E-state index in [4.69, 9.17) is 4.74 Å². The fourth-order valence-electron chi connectivity index (χ4n) is 2.82. The van der Waals surface area contributed by atoms with Crippen molar-refractivity contribution in [2.45, 2.75) is 18.7 Å². The van der Waals surface area contributed by atoms with Gasteiger partial charge in [-0.05, 0) is 17.7 Å². The highest BCUT2D eigenvalue weighted by Gasteiger charge is 2.40. The van der Waals surface area contributed by atoms with Gasteiger partial charge in [0.1, 0.15) is 0 Å². The van der Waals surface area contributed by atoms with Gasteiger partial charge in [-0.25, -0.2) is 4.99 Å². The van der Waals surface area contributed by atoms with Gasteiger partial charge in [0.2, 0.25) is 11.8 Å². The van der Waals surface area contributed by atoms with Crippen molar-refractivity contribution in [3.63, 3.8) is 0 Å². The Balaban J connectivity index is 1.76. The van der Waals surface area contributed by atoms with Gasteiger partial charge in [0, 0.05) is 17.7 Å². The Bertz CT molecular complexity index is 725. The fraction of sp³-hybridized carbons (Fsp3) is 0.176. The molecule has 104 valence electrons. The summed E-state index contributed by atoms with van der Waals surface area (Å²) in [4.78, 5) is 16.7. The molecule has 2 aromatic rings. The smallest absolute Gasteiger partial charge is 0.249 e. The minimum absolute atomic E-state index is 0.0814. The van der Waals surface area contributed by atoms with E-state index >= 15 is 0 Å². The molecule has 0 bridgehead atoms. The van der Waals surface area contributed by atoms with E-state index in [1.807, 2.05) is 54.6 Å². The van der Waals surface area contributed by atoms with Crippen LogP contribution in [0, 0.1) is 0 Å². The summed E-state index contributed by atoms with van der Waals surface area (Å²) in [6, 6.07) is 17.1. The minimum Gasteiger partial charge on any atom is -0.466 e. The first-order valence-corrected chi connectivity index (χ1v) is 6.98. The monoisotopic (exact) mass is 278 g/mol. The first-order chi connectivity index (χ1) is 10.3. The predicted molar refractivity (Wildman–Crippen MR) is 78.9 cm³/mol. The molecule has 0 saturated carbocycles. The number of nitrogens with zero attached hydrogens (tertiary/aromatic N) is 1. The van der Waals surface area contributed by atoms with Gasteiger partial charge < -0.3 is 10.1 Å². The zero-order valence-corrected chi connectivity index (χ0v) is 11.3. The number of amides is 1. The van der Waals surface area contributed by atoms with E-state index in [0.717, 1.165) is 16.7 Å². The van der Waals surface area contributed by atoms with Crippen molar-refractivity contribution in [3.8, 4) is 0 Å². The normalized spacial score (nSPS) is 23.2. The van der Waals surface area contributed by atoms with Crippen molar-refractivity contribution in [1.82, 2.24) is 5.32 Å². The largest absolute Gasteiger partial charge is 0.466 e. The zero-order chi connectivity index (χ0) is 14.2. The average Bonchev–Trinajstić information content (AvgIpc) is 2.94. The summed E-state index contributed by atoms with van der Waals surface area (Å²) in [5.41, 5.74) is 3.02. The number of ether oxygens (including phenoxy) is 1. The third kappa shape index (κ3) is 2.00. The van der Waals surface area contributed by atoms with Crippen molar-refractivity contribution in [2.24, 2.45) is 4.99 Å². The molecule has 0 aromatic heterocycles. The van der Waals surface area contributed by atoms with E-state index in [-0.39, 0.29) is 12.0 Å². The lowest BCUT2D eigenvalue weighted by molar-refractivity contribution is -0.123. The standard InChI is InChI=1S/C17H14N2O2/c20-16-14-15(13-9-5-4-8-12(13)10-18-16)21-17(19-14)11-6-2-1-3-7-11/h1-9,14-15H,10H2,(H,18,20)/t14-,15-/m0/s1. The SMILES string of the molecule is O=C1NCc2ccccc2[C@@H]2OC(c3ccccc3)=N[C@H]12. The van der Waals surface area contributed by atoms with Crippen LogP contribution < -0.4 is 5.32 Å². The van der Waals surface area contributed by atoms with Gasteiger partial charge >= 0.3 is 0 Å². The third-order valence-electron chi connectivity index (χ3n) is 3.89. The second-order valence-electron chi connectivity index (χ2n) is 5.20. The molecular weight excluding hydrogens is 264 g/mol. The van der Waals surface area contributed by atoms with Crippen LogP contribution in [0.4, 0.5) is 0 Å². The summed E-state index contributed by atoms with van der Waals surface area (Å²) in [5.74, 6) is 0.458. The van der Waals surface area contributed by atoms with Crippen LogP contribution in [0.5, 0.6) is 0 Å². The number of nitrogens with one attached hydrogen (secondary N) is 1. The molecule has 1 amide bonds. The topological polar surface area (TPSA) is 50.7 Å². The van der Waals surface area contributed by atoms with Crippen molar-refractivity contribution in [3.05, 3.63) is 71.3 Å². The Morgan fingerprint density at radius 1 is 1.05 bits per heavy atom. The molecule has 2 aliphatic rings.